The van der Waals surface area contributed by atoms with Crippen molar-refractivity contribution in [1.82, 2.24) is 4.90 Å². The molecule has 5 nitrogen and oxygen atoms in total. The molecule has 0 N–H and O–H groups in total. The number of hydrogen-bond donors (Lipinski definition) is 0. The molecule has 1 saturated heterocycles. The number of hydrogen-bond acceptors (Lipinski definition) is 5. The third-order valence-corrected chi connectivity index (χ3v) is 6.95. The van der Waals surface area contributed by atoms with Crippen LogP contribution in [0, 0.1) is 0 Å². The molecule has 0 aliphatic carbocycles. The van der Waals surface area contributed by atoms with Crippen LogP contribution in [0.5, 0.6) is 5.75 Å². The zero-order valence-electron chi connectivity index (χ0n) is 17.1. The van der Waals surface area contributed by atoms with Gasteiger partial charge in [-0.15, -0.1) is 0 Å². The van der Waals surface area contributed by atoms with Crippen molar-refractivity contribution in [2.24, 2.45) is 0 Å². The average Bonchev–Trinajstić information content (AvgIpc) is 3.05. The Balaban J connectivity index is 1.56. The number of para-hydroxylation sites is 1. The van der Waals surface area contributed by atoms with Crippen LogP contribution >= 0.6 is 58.2 Å². The lowest BCUT2D eigenvalue weighted by Gasteiger charge is -2.13. The van der Waals surface area contributed by atoms with Gasteiger partial charge in [0.25, 0.3) is 11.1 Å². The van der Waals surface area contributed by atoms with Gasteiger partial charge >= 0.3 is 5.97 Å². The Kier molecular flexibility index (Phi) is 7.55. The third-order valence-electron chi connectivity index (χ3n) is 4.76. The van der Waals surface area contributed by atoms with Gasteiger partial charge in [0.15, 0.2) is 0 Å². The van der Waals surface area contributed by atoms with Crippen LogP contribution in [0.3, 0.4) is 0 Å². The van der Waals surface area contributed by atoms with Crippen molar-refractivity contribution in [3.8, 4) is 5.75 Å². The summed E-state index contributed by atoms with van der Waals surface area (Å²) in [6.45, 7) is 0.0462. The summed E-state index contributed by atoms with van der Waals surface area (Å²) in [5.41, 5.74) is 1.25. The molecule has 0 bridgehead atoms. The van der Waals surface area contributed by atoms with E-state index >= 15 is 0 Å². The molecule has 1 heterocycles. The quantitative estimate of drug-likeness (QED) is 0.184. The van der Waals surface area contributed by atoms with Crippen LogP contribution in [-0.2, 0) is 11.3 Å². The maximum absolute atomic E-state index is 12.9. The van der Waals surface area contributed by atoms with Crippen molar-refractivity contribution >= 4 is 81.4 Å². The van der Waals surface area contributed by atoms with E-state index in [4.69, 9.17) is 51.1 Å². The van der Waals surface area contributed by atoms with Gasteiger partial charge in [-0.25, -0.2) is 4.79 Å². The Labute approximate surface area is 219 Å². The van der Waals surface area contributed by atoms with E-state index in [9.17, 15) is 14.4 Å². The second kappa shape index (κ2) is 10.4. The molecule has 3 aromatic carbocycles. The molecule has 2 amide bonds. The number of benzene rings is 3. The zero-order chi connectivity index (χ0) is 24.4. The minimum Gasteiger partial charge on any atom is -0.422 e. The van der Waals surface area contributed by atoms with Crippen molar-refractivity contribution in [1.29, 1.82) is 0 Å². The summed E-state index contributed by atoms with van der Waals surface area (Å²) in [5, 5.41) is 0.824. The second-order valence-corrected chi connectivity index (χ2v) is 9.72. The molecule has 0 saturated carbocycles. The van der Waals surface area contributed by atoms with E-state index in [0.29, 0.717) is 26.2 Å². The first-order valence-corrected chi connectivity index (χ1v) is 12.0. The molecule has 34 heavy (non-hydrogen) atoms. The number of rotatable bonds is 5. The summed E-state index contributed by atoms with van der Waals surface area (Å²) in [6, 6.07) is 16.0. The topological polar surface area (TPSA) is 63.7 Å². The Morgan fingerprint density at radius 3 is 2.41 bits per heavy atom. The van der Waals surface area contributed by atoms with Gasteiger partial charge in [-0.05, 0) is 59.8 Å². The number of carbonyl (C=O) groups excluding carboxylic acids is 3. The lowest BCUT2D eigenvalue weighted by molar-refractivity contribution is -0.123. The van der Waals surface area contributed by atoms with Crippen molar-refractivity contribution in [2.45, 2.75) is 6.54 Å². The number of amides is 2. The molecule has 1 aliphatic rings. The molecule has 172 valence electrons. The Hall–Kier alpha value is -2.48. The first-order chi connectivity index (χ1) is 16.2. The zero-order valence-corrected chi connectivity index (χ0v) is 20.9. The highest BCUT2D eigenvalue weighted by molar-refractivity contribution is 8.18. The van der Waals surface area contributed by atoms with E-state index in [-0.39, 0.29) is 27.8 Å². The van der Waals surface area contributed by atoms with Gasteiger partial charge in [0.2, 0.25) is 0 Å². The highest BCUT2D eigenvalue weighted by Crippen LogP contribution is 2.35. The van der Waals surface area contributed by atoms with Gasteiger partial charge in [0.1, 0.15) is 5.75 Å². The van der Waals surface area contributed by atoms with Crippen molar-refractivity contribution in [2.75, 3.05) is 0 Å². The Bertz CT molecular complexity index is 1360. The van der Waals surface area contributed by atoms with Crippen molar-refractivity contribution in [3.63, 3.8) is 0 Å². The van der Waals surface area contributed by atoms with E-state index in [1.54, 1.807) is 42.5 Å². The molecule has 1 fully saturated rings. The predicted octanol–water partition coefficient (Wildman–Crippen LogP) is 7.76. The molecular weight excluding hydrogens is 540 g/mol. The summed E-state index contributed by atoms with van der Waals surface area (Å²) in [7, 11) is 0. The van der Waals surface area contributed by atoms with Gasteiger partial charge < -0.3 is 4.74 Å². The first-order valence-electron chi connectivity index (χ1n) is 9.68. The fourth-order valence-corrected chi connectivity index (χ4v) is 4.74. The van der Waals surface area contributed by atoms with Gasteiger partial charge in [-0.1, -0.05) is 70.7 Å². The third kappa shape index (κ3) is 5.43. The van der Waals surface area contributed by atoms with Crippen LogP contribution in [0.1, 0.15) is 21.5 Å². The highest BCUT2D eigenvalue weighted by atomic mass is 35.5. The van der Waals surface area contributed by atoms with Crippen LogP contribution in [-0.4, -0.2) is 22.0 Å². The number of carbonyl (C=O) groups is 3. The van der Waals surface area contributed by atoms with Crippen molar-refractivity contribution in [3.05, 3.63) is 102 Å². The Morgan fingerprint density at radius 2 is 1.68 bits per heavy atom. The minimum absolute atomic E-state index is 0.0462. The normalized spacial score (nSPS) is 14.7. The molecule has 4 rings (SSSR count). The standard InChI is InChI=1S/C24H13Cl4NO4S/c25-15-6-7-16(18(27)11-15)23(31)33-20-4-2-1-3-14(20)10-21-22(30)29(24(32)34-21)12-13-5-8-17(26)19(28)9-13/h1-11H,12H2/b21-10-. The number of esters is 1. The highest BCUT2D eigenvalue weighted by Gasteiger charge is 2.35. The largest absolute Gasteiger partial charge is 0.422 e. The number of nitrogens with zero attached hydrogens (tertiary/aromatic N) is 1. The monoisotopic (exact) mass is 551 g/mol. The molecule has 10 heteroatoms. The van der Waals surface area contributed by atoms with Crippen LogP contribution in [0.25, 0.3) is 6.08 Å². The molecule has 0 radical (unpaired) electrons. The molecule has 3 aromatic rings. The van der Waals surface area contributed by atoms with Gasteiger partial charge in [0.05, 0.1) is 32.1 Å². The molecule has 1 aliphatic heterocycles. The molecular formula is C24H13Cl4NO4S. The van der Waals surface area contributed by atoms with Gasteiger partial charge in [-0.3, -0.25) is 14.5 Å². The maximum atomic E-state index is 12.9. The van der Waals surface area contributed by atoms with E-state index < -0.39 is 17.1 Å². The van der Waals surface area contributed by atoms with Crippen LogP contribution < -0.4 is 4.74 Å². The van der Waals surface area contributed by atoms with Crippen LogP contribution in [0.2, 0.25) is 20.1 Å². The van der Waals surface area contributed by atoms with Gasteiger partial charge in [0, 0.05) is 10.6 Å². The molecule has 0 aromatic heterocycles. The molecule has 0 spiro atoms. The van der Waals surface area contributed by atoms with E-state index in [1.165, 1.54) is 24.3 Å². The Morgan fingerprint density at radius 1 is 0.912 bits per heavy atom. The molecule has 0 atom stereocenters. The summed E-state index contributed by atoms with van der Waals surface area (Å²) in [6.07, 6.45) is 1.51. The fraction of sp³-hybridized carbons (Fsp3) is 0.0417. The summed E-state index contributed by atoms with van der Waals surface area (Å²) < 4.78 is 5.51. The SMILES string of the molecule is O=C(Oc1ccccc1/C=C1\SC(=O)N(Cc2ccc(Cl)c(Cl)c2)C1=O)c1ccc(Cl)cc1Cl. The fourth-order valence-electron chi connectivity index (χ4n) is 3.10. The average molecular weight is 553 g/mol. The lowest BCUT2D eigenvalue weighted by Crippen LogP contribution is -2.27. The lowest BCUT2D eigenvalue weighted by atomic mass is 10.1. The van der Waals surface area contributed by atoms with Crippen molar-refractivity contribution < 1.29 is 19.1 Å². The maximum Gasteiger partial charge on any atom is 0.345 e. The number of halogens is 4. The van der Waals surface area contributed by atoms with Crippen LogP contribution in [0.4, 0.5) is 4.79 Å². The number of thioether (sulfide) groups is 1. The summed E-state index contributed by atoms with van der Waals surface area (Å²) >= 11 is 24.7. The number of imide groups is 1. The smallest absolute Gasteiger partial charge is 0.345 e. The minimum atomic E-state index is -0.685. The molecule has 0 unspecified atom stereocenters. The van der Waals surface area contributed by atoms with E-state index in [1.807, 2.05) is 0 Å². The first kappa shape index (κ1) is 24.6. The van der Waals surface area contributed by atoms with Gasteiger partial charge in [-0.2, -0.15) is 0 Å². The van der Waals surface area contributed by atoms with E-state index in [0.717, 1.165) is 16.7 Å². The predicted molar refractivity (Wildman–Crippen MR) is 136 cm³/mol. The number of ether oxygens (including phenoxy) is 1. The summed E-state index contributed by atoms with van der Waals surface area (Å²) in [4.78, 5) is 39.4. The van der Waals surface area contributed by atoms with Crippen LogP contribution in [0.15, 0.2) is 65.6 Å². The second-order valence-electron chi connectivity index (χ2n) is 7.07. The van der Waals surface area contributed by atoms with E-state index in [2.05, 4.69) is 0 Å². The summed E-state index contributed by atoms with van der Waals surface area (Å²) in [5.74, 6) is -0.951.